The number of hydrogen-bond donors (Lipinski definition) is 4. The Balaban J connectivity index is 2.12. The van der Waals surface area contributed by atoms with Crippen LogP contribution in [0.25, 0.3) is 0 Å². The number of ketones is 2. The van der Waals surface area contributed by atoms with Crippen molar-refractivity contribution < 1.29 is 30.0 Å². The lowest BCUT2D eigenvalue weighted by atomic mass is 9.75. The zero-order valence-corrected chi connectivity index (χ0v) is 15.5. The van der Waals surface area contributed by atoms with Gasteiger partial charge in [0, 0.05) is 30.0 Å². The zero-order chi connectivity index (χ0) is 19.2. The normalized spacial score (nSPS) is 24.9. The summed E-state index contributed by atoms with van der Waals surface area (Å²) in [4.78, 5) is 25.6. The van der Waals surface area contributed by atoms with Gasteiger partial charge in [-0.1, -0.05) is 13.3 Å². The molecule has 0 aromatic heterocycles. The number of benzene rings is 1. The van der Waals surface area contributed by atoms with E-state index in [9.17, 15) is 30.0 Å². The summed E-state index contributed by atoms with van der Waals surface area (Å²) in [7, 11) is 0. The molecule has 0 unspecified atom stereocenters. The van der Waals surface area contributed by atoms with Crippen LogP contribution in [0.4, 0.5) is 0 Å². The molecule has 6 nitrogen and oxygen atoms in total. The van der Waals surface area contributed by atoms with E-state index >= 15 is 0 Å². The highest BCUT2D eigenvalue weighted by molar-refractivity contribution is 8.04. The average Bonchev–Trinajstić information content (AvgIpc) is 2.57. The van der Waals surface area contributed by atoms with Crippen LogP contribution in [0.3, 0.4) is 0 Å². The van der Waals surface area contributed by atoms with E-state index in [1.165, 1.54) is 24.8 Å². The Kier molecular flexibility index (Phi) is 4.90. The number of aliphatic hydroxyl groups is 2. The summed E-state index contributed by atoms with van der Waals surface area (Å²) < 4.78 is 0. The average molecular weight is 378 g/mol. The molecular weight excluding hydrogens is 356 g/mol. The third kappa shape index (κ3) is 2.94. The standard InChI is InChI=1S/C19H22O6S/c1-3-4-5-26-12-7-11(20)14-15(18(12)24)17(23)10-8-19(2,25)13(21)6-9(10)16(14)22/h7,13,21-23,25H,3-6,8H2,1-2H3/t13-,19+/m1/s1. The molecule has 0 radical (unpaired) electrons. The maximum Gasteiger partial charge on any atom is 0.204 e. The van der Waals surface area contributed by atoms with E-state index in [2.05, 4.69) is 0 Å². The number of Topliss-reactive ketones (excluding diaryl/α,β-unsaturated/α-hetero) is 1. The molecule has 7 heteroatoms. The summed E-state index contributed by atoms with van der Waals surface area (Å²) in [6.45, 7) is 3.45. The number of thioether (sulfide) groups is 1. The van der Waals surface area contributed by atoms with Crippen molar-refractivity contribution in [1.29, 1.82) is 0 Å². The molecule has 0 bridgehead atoms. The van der Waals surface area contributed by atoms with Gasteiger partial charge in [0.1, 0.15) is 11.5 Å². The van der Waals surface area contributed by atoms with Gasteiger partial charge in [-0.2, -0.15) is 0 Å². The first kappa shape index (κ1) is 18.9. The molecule has 0 aliphatic heterocycles. The van der Waals surface area contributed by atoms with Crippen molar-refractivity contribution in [2.45, 2.75) is 51.2 Å². The summed E-state index contributed by atoms with van der Waals surface area (Å²) in [5.74, 6) is -1.15. The van der Waals surface area contributed by atoms with Gasteiger partial charge in [-0.05, 0) is 19.1 Å². The van der Waals surface area contributed by atoms with E-state index < -0.39 is 29.0 Å². The Labute approximate surface area is 155 Å². The third-order valence-electron chi connectivity index (χ3n) is 5.02. The molecule has 0 spiro atoms. The molecule has 1 aromatic rings. The Morgan fingerprint density at radius 2 is 1.85 bits per heavy atom. The molecule has 140 valence electrons. The Morgan fingerprint density at radius 3 is 2.50 bits per heavy atom. The van der Waals surface area contributed by atoms with Gasteiger partial charge in [-0.15, -0.1) is 11.8 Å². The van der Waals surface area contributed by atoms with Crippen LogP contribution in [-0.4, -0.2) is 49.5 Å². The van der Waals surface area contributed by atoms with Gasteiger partial charge in [-0.3, -0.25) is 9.59 Å². The molecular formula is C19H22O6S. The smallest absolute Gasteiger partial charge is 0.204 e. The second kappa shape index (κ2) is 6.72. The summed E-state index contributed by atoms with van der Waals surface area (Å²) in [5.41, 5.74) is -1.52. The number of carbonyl (C=O) groups excluding carboxylic acids is 2. The van der Waals surface area contributed by atoms with Gasteiger partial charge in [-0.25, -0.2) is 0 Å². The minimum absolute atomic E-state index is 0.113. The molecule has 0 amide bonds. The second-order valence-corrected chi connectivity index (χ2v) is 8.20. The van der Waals surface area contributed by atoms with Gasteiger partial charge in [0.05, 0.1) is 27.7 Å². The lowest BCUT2D eigenvalue weighted by Crippen LogP contribution is -2.46. The van der Waals surface area contributed by atoms with E-state index in [1.807, 2.05) is 6.92 Å². The van der Waals surface area contributed by atoms with Crippen LogP contribution in [0.5, 0.6) is 11.5 Å². The van der Waals surface area contributed by atoms with Crippen molar-refractivity contribution in [2.75, 3.05) is 5.75 Å². The number of rotatable bonds is 4. The predicted octanol–water partition coefficient (Wildman–Crippen LogP) is 2.10. The molecule has 2 atom stereocenters. The maximum absolute atomic E-state index is 12.8. The number of hydrogen-bond acceptors (Lipinski definition) is 7. The van der Waals surface area contributed by atoms with Gasteiger partial charge in [0.2, 0.25) is 5.78 Å². The van der Waals surface area contributed by atoms with Gasteiger partial charge < -0.3 is 20.4 Å². The van der Waals surface area contributed by atoms with Crippen molar-refractivity contribution in [2.24, 2.45) is 0 Å². The maximum atomic E-state index is 12.8. The van der Waals surface area contributed by atoms with Crippen LogP contribution in [0.15, 0.2) is 11.0 Å². The van der Waals surface area contributed by atoms with Crippen LogP contribution in [0.1, 0.15) is 58.5 Å². The lowest BCUT2D eigenvalue weighted by molar-refractivity contribution is -0.0668. The topological polar surface area (TPSA) is 115 Å². The van der Waals surface area contributed by atoms with Crippen LogP contribution >= 0.6 is 11.8 Å². The quantitative estimate of drug-likeness (QED) is 0.468. The minimum atomic E-state index is -1.50. The largest absolute Gasteiger partial charge is 0.507 e. The highest BCUT2D eigenvalue weighted by atomic mass is 32.2. The molecule has 2 aliphatic carbocycles. The molecule has 3 rings (SSSR count). The number of aromatic hydroxyl groups is 2. The van der Waals surface area contributed by atoms with E-state index in [-0.39, 0.29) is 45.8 Å². The van der Waals surface area contributed by atoms with Crippen molar-refractivity contribution in [3.8, 4) is 11.5 Å². The Bertz CT molecular complexity index is 824. The predicted molar refractivity (Wildman–Crippen MR) is 97.9 cm³/mol. The lowest BCUT2D eigenvalue weighted by Gasteiger charge is -2.36. The van der Waals surface area contributed by atoms with E-state index in [0.717, 1.165) is 12.8 Å². The highest BCUT2D eigenvalue weighted by Gasteiger charge is 2.42. The molecule has 0 saturated carbocycles. The first-order valence-corrected chi connectivity index (χ1v) is 9.61. The van der Waals surface area contributed by atoms with Crippen molar-refractivity contribution in [1.82, 2.24) is 0 Å². The van der Waals surface area contributed by atoms with Gasteiger partial charge in [0.15, 0.2) is 5.78 Å². The molecule has 1 aromatic carbocycles. The van der Waals surface area contributed by atoms with Gasteiger partial charge >= 0.3 is 0 Å². The molecule has 0 fully saturated rings. The fourth-order valence-electron chi connectivity index (χ4n) is 3.40. The number of allylic oxidation sites excluding steroid dienone is 2. The summed E-state index contributed by atoms with van der Waals surface area (Å²) in [6, 6.07) is 0. The van der Waals surface area contributed by atoms with Crippen LogP contribution in [0, 0.1) is 0 Å². The third-order valence-corrected chi connectivity index (χ3v) is 6.13. The van der Waals surface area contributed by atoms with E-state index in [4.69, 9.17) is 0 Å². The van der Waals surface area contributed by atoms with Gasteiger partial charge in [0.25, 0.3) is 0 Å². The van der Waals surface area contributed by atoms with Crippen LogP contribution in [-0.2, 0) is 12.8 Å². The van der Waals surface area contributed by atoms with E-state index in [0.29, 0.717) is 5.75 Å². The molecule has 2 aliphatic rings. The molecule has 4 N–H and O–H groups in total. The number of fused-ring (bicyclic) bond motifs is 2. The summed E-state index contributed by atoms with van der Waals surface area (Å²) in [5, 5.41) is 41.6. The zero-order valence-electron chi connectivity index (χ0n) is 14.7. The van der Waals surface area contributed by atoms with Crippen LogP contribution < -0.4 is 0 Å². The first-order valence-electron chi connectivity index (χ1n) is 8.62. The van der Waals surface area contributed by atoms with Crippen molar-refractivity contribution in [3.63, 3.8) is 0 Å². The fourth-order valence-corrected chi connectivity index (χ4v) is 4.47. The first-order chi connectivity index (χ1) is 12.2. The van der Waals surface area contributed by atoms with Crippen molar-refractivity contribution >= 4 is 23.3 Å². The molecule has 26 heavy (non-hydrogen) atoms. The summed E-state index contributed by atoms with van der Waals surface area (Å²) >= 11 is 1.26. The molecule has 0 saturated heterocycles. The van der Waals surface area contributed by atoms with Crippen LogP contribution in [0.2, 0.25) is 0 Å². The fraction of sp³-hybridized carbons (Fsp3) is 0.474. The SMILES string of the molecule is CCCCSC1=CC(=O)c2c(O)c3c(c(O)c2C1=O)C[C@](C)(O)[C@H](O)C3. The molecule has 0 heterocycles. The number of phenols is 2. The summed E-state index contributed by atoms with van der Waals surface area (Å²) in [6.07, 6.45) is 1.65. The number of phenolic OH excluding ortho intramolecular Hbond substituents is 2. The van der Waals surface area contributed by atoms with Crippen molar-refractivity contribution in [3.05, 3.63) is 33.2 Å². The number of aliphatic hydroxyl groups excluding tert-OH is 1. The number of carbonyl (C=O) groups is 2. The van der Waals surface area contributed by atoms with E-state index in [1.54, 1.807) is 0 Å². The minimum Gasteiger partial charge on any atom is -0.507 e. The highest BCUT2D eigenvalue weighted by Crippen LogP contribution is 2.46. The number of unbranched alkanes of at least 4 members (excludes halogenated alkanes) is 1. The second-order valence-electron chi connectivity index (χ2n) is 7.06. The monoisotopic (exact) mass is 378 g/mol. The Hall–Kier alpha value is -1.83. The Morgan fingerprint density at radius 1 is 1.19 bits per heavy atom.